The fraction of sp³-hybridized carbons (Fsp3) is 0.364. The number of rotatable bonds is 7. The Balaban J connectivity index is 1.63. The first-order chi connectivity index (χ1) is 14.9. The van der Waals surface area contributed by atoms with E-state index in [2.05, 4.69) is 15.5 Å². The minimum absolute atomic E-state index is 0.0320. The normalized spacial score (nSPS) is 16.4. The van der Waals surface area contributed by atoms with Gasteiger partial charge in [0.05, 0.1) is 34.9 Å². The van der Waals surface area contributed by atoms with Crippen LogP contribution in [0.1, 0.15) is 28.9 Å². The summed E-state index contributed by atoms with van der Waals surface area (Å²) in [7, 11) is 0. The molecule has 2 N–H and O–H groups in total. The number of carbonyl (C=O) groups is 2. The molecule has 2 unspecified atom stereocenters. The van der Waals surface area contributed by atoms with Gasteiger partial charge in [0, 0.05) is 24.7 Å². The van der Waals surface area contributed by atoms with Gasteiger partial charge >= 0.3 is 0 Å². The van der Waals surface area contributed by atoms with Crippen molar-refractivity contribution in [3.05, 3.63) is 68.7 Å². The van der Waals surface area contributed by atoms with Gasteiger partial charge in [-0.25, -0.2) is 0 Å². The van der Waals surface area contributed by atoms with Crippen molar-refractivity contribution in [3.8, 4) is 0 Å². The maximum atomic E-state index is 12.7. The summed E-state index contributed by atoms with van der Waals surface area (Å²) in [6.45, 7) is 4.83. The predicted molar refractivity (Wildman–Crippen MR) is 123 cm³/mol. The Morgan fingerprint density at radius 2 is 1.74 bits per heavy atom. The maximum Gasteiger partial charge on any atom is 0.253 e. The molecule has 6 nitrogen and oxygen atoms in total. The minimum atomic E-state index is -0.752. The van der Waals surface area contributed by atoms with Crippen LogP contribution in [-0.2, 0) is 9.53 Å². The highest BCUT2D eigenvalue weighted by molar-refractivity contribution is 6.43. The first-order valence-electron chi connectivity index (χ1n) is 9.96. The van der Waals surface area contributed by atoms with Gasteiger partial charge in [-0.05, 0) is 36.8 Å². The summed E-state index contributed by atoms with van der Waals surface area (Å²) in [6, 6.07) is 11.6. The van der Waals surface area contributed by atoms with Crippen LogP contribution in [0.15, 0.2) is 42.5 Å². The molecule has 3 rings (SSSR count). The minimum Gasteiger partial charge on any atom is -0.379 e. The molecular weight excluding hydrogens is 461 g/mol. The summed E-state index contributed by atoms with van der Waals surface area (Å²) in [5.74, 6) is -0.753. The van der Waals surface area contributed by atoms with Gasteiger partial charge in [0.25, 0.3) is 5.91 Å². The molecule has 1 heterocycles. The largest absolute Gasteiger partial charge is 0.379 e. The van der Waals surface area contributed by atoms with E-state index in [1.54, 1.807) is 25.1 Å². The molecule has 0 saturated carbocycles. The number of hydrogen-bond donors (Lipinski definition) is 2. The van der Waals surface area contributed by atoms with Gasteiger partial charge in [0.15, 0.2) is 0 Å². The zero-order valence-corrected chi connectivity index (χ0v) is 19.3. The number of nitrogens with one attached hydrogen (secondary N) is 2. The van der Waals surface area contributed by atoms with E-state index in [0.717, 1.165) is 18.7 Å². The standard InChI is InChI=1S/C22H24Cl3N3O3/c1-14(27-22(30)17-3-2-4-18(24)20(17)25)21(29)26-13-19(28-9-11-31-12-10-28)15-5-7-16(23)8-6-15/h2-8,14,19H,9-13H2,1H3,(H,26,29)(H,27,30). The van der Waals surface area contributed by atoms with Gasteiger partial charge in [0.2, 0.25) is 5.91 Å². The van der Waals surface area contributed by atoms with E-state index in [1.807, 2.05) is 24.3 Å². The summed E-state index contributed by atoms with van der Waals surface area (Å²) in [6.07, 6.45) is 0. The topological polar surface area (TPSA) is 70.7 Å². The van der Waals surface area contributed by atoms with Crippen LogP contribution in [0.4, 0.5) is 0 Å². The first-order valence-corrected chi connectivity index (χ1v) is 11.1. The molecule has 1 aliphatic rings. The van der Waals surface area contributed by atoms with Crippen molar-refractivity contribution in [1.29, 1.82) is 0 Å². The van der Waals surface area contributed by atoms with E-state index in [0.29, 0.717) is 24.8 Å². The molecule has 0 aromatic heterocycles. The fourth-order valence-electron chi connectivity index (χ4n) is 3.40. The smallest absolute Gasteiger partial charge is 0.253 e. The second-order valence-corrected chi connectivity index (χ2v) is 8.48. The van der Waals surface area contributed by atoms with Crippen molar-refractivity contribution in [2.24, 2.45) is 0 Å². The van der Waals surface area contributed by atoms with Crippen LogP contribution < -0.4 is 10.6 Å². The molecule has 0 radical (unpaired) electrons. The monoisotopic (exact) mass is 483 g/mol. The van der Waals surface area contributed by atoms with Crippen LogP contribution in [-0.4, -0.2) is 55.6 Å². The molecule has 2 aromatic rings. The predicted octanol–water partition coefficient (Wildman–Crippen LogP) is 3.95. The fourth-order valence-corrected chi connectivity index (χ4v) is 3.91. The first kappa shape index (κ1) is 23.8. The van der Waals surface area contributed by atoms with Crippen LogP contribution in [0.3, 0.4) is 0 Å². The van der Waals surface area contributed by atoms with Crippen LogP contribution in [0.2, 0.25) is 15.1 Å². The quantitative estimate of drug-likeness (QED) is 0.624. The van der Waals surface area contributed by atoms with Crippen molar-refractivity contribution in [1.82, 2.24) is 15.5 Å². The molecule has 0 bridgehead atoms. The third kappa shape index (κ3) is 6.34. The third-order valence-electron chi connectivity index (χ3n) is 5.15. The molecule has 1 aliphatic heterocycles. The molecule has 9 heteroatoms. The number of amides is 2. The molecule has 1 saturated heterocycles. The molecule has 1 fully saturated rings. The molecule has 31 heavy (non-hydrogen) atoms. The Hall–Kier alpha value is -1.83. The van der Waals surface area contributed by atoms with Gasteiger partial charge in [-0.1, -0.05) is 53.0 Å². The Kier molecular flexibility index (Phi) is 8.58. The lowest BCUT2D eigenvalue weighted by molar-refractivity contribution is -0.122. The van der Waals surface area contributed by atoms with Crippen LogP contribution in [0.25, 0.3) is 0 Å². The van der Waals surface area contributed by atoms with Crippen molar-refractivity contribution in [3.63, 3.8) is 0 Å². The molecule has 2 aromatic carbocycles. The van der Waals surface area contributed by atoms with Gasteiger partial charge in [-0.2, -0.15) is 0 Å². The average Bonchev–Trinajstić information content (AvgIpc) is 2.77. The lowest BCUT2D eigenvalue weighted by Crippen LogP contribution is -2.48. The number of hydrogen-bond acceptors (Lipinski definition) is 4. The zero-order chi connectivity index (χ0) is 22.4. The highest BCUT2D eigenvalue weighted by Gasteiger charge is 2.25. The Morgan fingerprint density at radius 3 is 2.42 bits per heavy atom. The van der Waals surface area contributed by atoms with Gasteiger partial charge in [-0.15, -0.1) is 0 Å². The average molecular weight is 485 g/mol. The number of morpholine rings is 1. The van der Waals surface area contributed by atoms with E-state index < -0.39 is 11.9 Å². The van der Waals surface area contributed by atoms with Crippen molar-refractivity contribution >= 4 is 46.6 Å². The van der Waals surface area contributed by atoms with E-state index >= 15 is 0 Å². The lowest BCUT2D eigenvalue weighted by atomic mass is 10.0. The zero-order valence-electron chi connectivity index (χ0n) is 17.0. The van der Waals surface area contributed by atoms with E-state index in [9.17, 15) is 9.59 Å². The maximum absolute atomic E-state index is 12.7. The summed E-state index contributed by atoms with van der Waals surface area (Å²) < 4.78 is 5.45. The van der Waals surface area contributed by atoms with Gasteiger partial charge < -0.3 is 15.4 Å². The molecule has 0 spiro atoms. The van der Waals surface area contributed by atoms with Crippen LogP contribution in [0.5, 0.6) is 0 Å². The highest BCUT2D eigenvalue weighted by Crippen LogP contribution is 2.26. The summed E-state index contributed by atoms with van der Waals surface area (Å²) in [5, 5.41) is 6.71. The second kappa shape index (κ2) is 11.2. The third-order valence-corrected chi connectivity index (χ3v) is 6.22. The molecular formula is C22H24Cl3N3O3. The number of nitrogens with zero attached hydrogens (tertiary/aromatic N) is 1. The number of ether oxygens (including phenoxy) is 1. The van der Waals surface area contributed by atoms with E-state index in [1.165, 1.54) is 0 Å². The SMILES string of the molecule is CC(NC(=O)c1cccc(Cl)c1Cl)C(=O)NCC(c1ccc(Cl)cc1)N1CCOCC1. The molecule has 2 amide bonds. The van der Waals surface area contributed by atoms with Gasteiger partial charge in [0.1, 0.15) is 6.04 Å². The van der Waals surface area contributed by atoms with Crippen molar-refractivity contribution in [2.45, 2.75) is 19.0 Å². The van der Waals surface area contributed by atoms with Crippen LogP contribution >= 0.6 is 34.8 Å². The summed E-state index contributed by atoms with van der Waals surface area (Å²) in [5.41, 5.74) is 1.27. The summed E-state index contributed by atoms with van der Waals surface area (Å²) >= 11 is 18.1. The Bertz CT molecular complexity index is 918. The summed E-state index contributed by atoms with van der Waals surface area (Å²) in [4.78, 5) is 27.5. The molecule has 2 atom stereocenters. The lowest BCUT2D eigenvalue weighted by Gasteiger charge is -2.35. The number of carbonyl (C=O) groups excluding carboxylic acids is 2. The Morgan fingerprint density at radius 1 is 1.06 bits per heavy atom. The Labute approximate surface area is 196 Å². The van der Waals surface area contributed by atoms with Crippen molar-refractivity contribution < 1.29 is 14.3 Å². The number of benzene rings is 2. The second-order valence-electron chi connectivity index (χ2n) is 7.26. The highest BCUT2D eigenvalue weighted by atomic mass is 35.5. The molecule has 166 valence electrons. The van der Waals surface area contributed by atoms with E-state index in [4.69, 9.17) is 39.5 Å². The van der Waals surface area contributed by atoms with Gasteiger partial charge in [-0.3, -0.25) is 14.5 Å². The number of halogens is 3. The van der Waals surface area contributed by atoms with Crippen LogP contribution in [0, 0.1) is 0 Å². The van der Waals surface area contributed by atoms with Crippen molar-refractivity contribution in [2.75, 3.05) is 32.8 Å². The van der Waals surface area contributed by atoms with E-state index in [-0.39, 0.29) is 27.6 Å². The molecule has 0 aliphatic carbocycles.